The van der Waals surface area contributed by atoms with Crippen LogP contribution in [0.2, 0.25) is 0 Å². The van der Waals surface area contributed by atoms with Gasteiger partial charge in [0.2, 0.25) is 5.95 Å². The van der Waals surface area contributed by atoms with Gasteiger partial charge in [0.25, 0.3) is 0 Å². The Morgan fingerprint density at radius 1 is 1.44 bits per heavy atom. The van der Waals surface area contributed by atoms with E-state index in [1.165, 1.54) is 17.7 Å². The van der Waals surface area contributed by atoms with Gasteiger partial charge in [-0.15, -0.1) is 11.3 Å². The smallest absolute Gasteiger partial charge is 0.222 e. The Hall–Kier alpha value is -1.62. The maximum absolute atomic E-state index is 5.74. The van der Waals surface area contributed by atoms with Gasteiger partial charge in [0.1, 0.15) is 5.82 Å². The number of aromatic nitrogens is 2. The van der Waals surface area contributed by atoms with Crippen LogP contribution in [0.25, 0.3) is 0 Å². The average molecular weight is 260 g/mol. The molecule has 4 nitrogen and oxygen atoms in total. The number of anilines is 2. The molecule has 94 valence electrons. The zero-order chi connectivity index (χ0) is 12.5. The second kappa shape index (κ2) is 4.57. The summed E-state index contributed by atoms with van der Waals surface area (Å²) in [6.45, 7) is 2.87. The molecule has 0 amide bonds. The number of hydrogen-bond donors (Lipinski definition) is 1. The van der Waals surface area contributed by atoms with Crippen molar-refractivity contribution < 1.29 is 0 Å². The van der Waals surface area contributed by atoms with Crippen LogP contribution in [0, 0.1) is 6.92 Å². The molecule has 1 aliphatic rings. The second-order valence-corrected chi connectivity index (χ2v) is 5.70. The van der Waals surface area contributed by atoms with Crippen molar-refractivity contribution in [2.24, 2.45) is 0 Å². The zero-order valence-electron chi connectivity index (χ0n) is 10.3. The maximum Gasteiger partial charge on any atom is 0.222 e. The van der Waals surface area contributed by atoms with Gasteiger partial charge >= 0.3 is 0 Å². The van der Waals surface area contributed by atoms with Crippen LogP contribution in [0.4, 0.5) is 11.8 Å². The molecule has 2 aromatic rings. The van der Waals surface area contributed by atoms with Crippen LogP contribution in [-0.4, -0.2) is 16.0 Å². The fourth-order valence-corrected chi connectivity index (χ4v) is 2.78. The first-order valence-electron chi connectivity index (χ1n) is 6.12. The Bertz CT molecular complexity index is 514. The normalized spacial score (nSPS) is 14.7. The second-order valence-electron chi connectivity index (χ2n) is 4.66. The predicted molar refractivity (Wildman–Crippen MR) is 74.7 cm³/mol. The number of nitrogens with zero attached hydrogens (tertiary/aromatic N) is 3. The third-order valence-corrected chi connectivity index (χ3v) is 3.91. The van der Waals surface area contributed by atoms with Gasteiger partial charge in [-0.2, -0.15) is 4.98 Å². The van der Waals surface area contributed by atoms with Gasteiger partial charge in [-0.05, 0) is 31.2 Å². The van der Waals surface area contributed by atoms with E-state index in [0.29, 0.717) is 12.0 Å². The molecule has 3 rings (SSSR count). The highest BCUT2D eigenvalue weighted by Crippen LogP contribution is 2.33. The molecule has 1 saturated carbocycles. The van der Waals surface area contributed by atoms with Crippen LogP contribution in [0.15, 0.2) is 23.6 Å². The van der Waals surface area contributed by atoms with E-state index >= 15 is 0 Å². The molecule has 2 heterocycles. The Kier molecular flexibility index (Phi) is 2.91. The molecule has 0 saturated heterocycles. The van der Waals surface area contributed by atoms with Crippen LogP contribution in [0.1, 0.15) is 23.4 Å². The molecule has 1 aliphatic carbocycles. The number of thiophene rings is 1. The third-order valence-electron chi connectivity index (χ3n) is 3.05. The molecule has 0 radical (unpaired) electrons. The quantitative estimate of drug-likeness (QED) is 0.918. The Balaban J connectivity index is 1.89. The Morgan fingerprint density at radius 3 is 2.89 bits per heavy atom. The standard InChI is InChI=1S/C13H16N4S/c1-9-7-12(16-13(14)15-9)17(10-4-5-10)8-11-3-2-6-18-11/h2-3,6-7,10H,4-5,8H2,1H3,(H2,14,15,16). The lowest BCUT2D eigenvalue weighted by molar-refractivity contribution is 0.783. The van der Waals surface area contributed by atoms with E-state index in [2.05, 4.69) is 32.4 Å². The summed E-state index contributed by atoms with van der Waals surface area (Å²) in [5, 5.41) is 2.11. The minimum Gasteiger partial charge on any atom is -0.368 e. The van der Waals surface area contributed by atoms with Crippen molar-refractivity contribution in [3.63, 3.8) is 0 Å². The monoisotopic (exact) mass is 260 g/mol. The molecule has 0 aromatic carbocycles. The summed E-state index contributed by atoms with van der Waals surface area (Å²) < 4.78 is 0. The lowest BCUT2D eigenvalue weighted by Gasteiger charge is -2.23. The SMILES string of the molecule is Cc1cc(N(Cc2cccs2)C2CC2)nc(N)n1. The van der Waals surface area contributed by atoms with E-state index in [1.54, 1.807) is 11.3 Å². The largest absolute Gasteiger partial charge is 0.368 e. The molecule has 1 fully saturated rings. The summed E-state index contributed by atoms with van der Waals surface area (Å²) in [5.74, 6) is 1.32. The van der Waals surface area contributed by atoms with Crippen molar-refractivity contribution >= 4 is 23.1 Å². The Morgan fingerprint density at radius 2 is 2.28 bits per heavy atom. The fraction of sp³-hybridized carbons (Fsp3) is 0.385. The molecule has 2 N–H and O–H groups in total. The molecule has 0 aliphatic heterocycles. The topological polar surface area (TPSA) is 55.0 Å². The van der Waals surface area contributed by atoms with E-state index in [9.17, 15) is 0 Å². The molecule has 0 spiro atoms. The molecular formula is C13H16N4S. The third kappa shape index (κ3) is 2.46. The first kappa shape index (κ1) is 11.5. The van der Waals surface area contributed by atoms with Gasteiger partial charge in [0, 0.05) is 22.7 Å². The van der Waals surface area contributed by atoms with Crippen LogP contribution in [0.3, 0.4) is 0 Å². The molecule has 0 unspecified atom stereocenters. The highest BCUT2D eigenvalue weighted by Gasteiger charge is 2.30. The van der Waals surface area contributed by atoms with E-state index in [0.717, 1.165) is 18.1 Å². The molecule has 2 aromatic heterocycles. The summed E-state index contributed by atoms with van der Waals surface area (Å²) in [5.41, 5.74) is 6.67. The van der Waals surface area contributed by atoms with Crippen LogP contribution < -0.4 is 10.6 Å². The van der Waals surface area contributed by atoms with Crippen LogP contribution in [0.5, 0.6) is 0 Å². The van der Waals surface area contributed by atoms with Gasteiger partial charge in [0.15, 0.2) is 0 Å². The molecular weight excluding hydrogens is 244 g/mol. The molecule has 0 bridgehead atoms. The minimum absolute atomic E-state index is 0.363. The van der Waals surface area contributed by atoms with Gasteiger partial charge in [0.05, 0.1) is 6.54 Å². The van der Waals surface area contributed by atoms with Crippen LogP contribution >= 0.6 is 11.3 Å². The van der Waals surface area contributed by atoms with Crippen LogP contribution in [-0.2, 0) is 6.54 Å². The van der Waals surface area contributed by atoms with E-state index in [-0.39, 0.29) is 0 Å². The van der Waals surface area contributed by atoms with Gasteiger partial charge < -0.3 is 10.6 Å². The first-order valence-corrected chi connectivity index (χ1v) is 7.00. The van der Waals surface area contributed by atoms with E-state index in [4.69, 9.17) is 5.73 Å². The van der Waals surface area contributed by atoms with E-state index in [1.807, 2.05) is 13.0 Å². The average Bonchev–Trinajstić information content (AvgIpc) is 3.02. The summed E-state index contributed by atoms with van der Waals surface area (Å²) in [6.07, 6.45) is 2.49. The highest BCUT2D eigenvalue weighted by atomic mass is 32.1. The molecule has 0 atom stereocenters. The Labute approximate surface area is 110 Å². The summed E-state index contributed by atoms with van der Waals surface area (Å²) in [7, 11) is 0. The molecule has 5 heteroatoms. The number of hydrogen-bond acceptors (Lipinski definition) is 5. The van der Waals surface area contributed by atoms with Crippen molar-refractivity contribution in [1.29, 1.82) is 0 Å². The van der Waals surface area contributed by atoms with Gasteiger partial charge in [-0.25, -0.2) is 4.98 Å². The number of nitrogens with two attached hydrogens (primary N) is 1. The zero-order valence-corrected chi connectivity index (χ0v) is 11.2. The van der Waals surface area contributed by atoms with Gasteiger partial charge in [-0.3, -0.25) is 0 Å². The lowest BCUT2D eigenvalue weighted by Crippen LogP contribution is -2.26. The predicted octanol–water partition coefficient (Wildman–Crippen LogP) is 2.60. The van der Waals surface area contributed by atoms with Crippen molar-refractivity contribution in [3.8, 4) is 0 Å². The van der Waals surface area contributed by atoms with Crippen molar-refractivity contribution in [2.75, 3.05) is 10.6 Å². The fourth-order valence-electron chi connectivity index (χ4n) is 2.08. The first-order chi connectivity index (χ1) is 8.72. The number of nitrogen functional groups attached to an aromatic ring is 1. The minimum atomic E-state index is 0.363. The van der Waals surface area contributed by atoms with E-state index < -0.39 is 0 Å². The molecule has 18 heavy (non-hydrogen) atoms. The summed E-state index contributed by atoms with van der Waals surface area (Å²) in [4.78, 5) is 12.2. The number of aryl methyl sites for hydroxylation is 1. The van der Waals surface area contributed by atoms with Crippen molar-refractivity contribution in [1.82, 2.24) is 9.97 Å². The summed E-state index contributed by atoms with van der Waals surface area (Å²) in [6, 6.07) is 6.88. The highest BCUT2D eigenvalue weighted by molar-refractivity contribution is 7.09. The maximum atomic E-state index is 5.74. The number of rotatable bonds is 4. The van der Waals surface area contributed by atoms with Crippen molar-refractivity contribution in [2.45, 2.75) is 32.4 Å². The summed E-state index contributed by atoms with van der Waals surface area (Å²) >= 11 is 1.78. The lowest BCUT2D eigenvalue weighted by atomic mass is 10.3. The van der Waals surface area contributed by atoms with Gasteiger partial charge in [-0.1, -0.05) is 6.07 Å². The van der Waals surface area contributed by atoms with Crippen molar-refractivity contribution in [3.05, 3.63) is 34.2 Å².